The third-order valence-electron chi connectivity index (χ3n) is 11.4. The number of ketones is 1. The number of ether oxygens (including phenoxy) is 8. The van der Waals surface area contributed by atoms with Crippen LogP contribution in [0.5, 0.6) is 0 Å². The summed E-state index contributed by atoms with van der Waals surface area (Å²) in [6, 6.07) is -0.163. The minimum absolute atomic E-state index is 0.0204. The van der Waals surface area contributed by atoms with Gasteiger partial charge in [0.2, 0.25) is 0 Å². The molecule has 5 heterocycles. The molecule has 0 aromatic heterocycles. The first-order valence-electron chi connectivity index (χ1n) is 18.0. The molecule has 0 saturated carbocycles. The second kappa shape index (κ2) is 14.2. The first-order valence-corrected chi connectivity index (χ1v) is 18.0. The van der Waals surface area contributed by atoms with Crippen LogP contribution in [0.25, 0.3) is 0 Å². The second-order valence-corrected chi connectivity index (χ2v) is 15.8. The number of rotatable bonds is 6. The van der Waals surface area contributed by atoms with Crippen LogP contribution in [0, 0.1) is 23.7 Å². The molecule has 12 nitrogen and oxygen atoms in total. The molecule has 0 spiro atoms. The number of nitrogens with zero attached hydrogens (tertiary/aromatic N) is 1. The average Bonchev–Trinajstić information content (AvgIpc) is 3.47. The zero-order chi connectivity index (χ0) is 35.3. The topological polar surface area (TPSA) is 128 Å². The molecule has 12 heteroatoms. The summed E-state index contributed by atoms with van der Waals surface area (Å²) in [4.78, 5) is 42.9. The number of carbonyl (C=O) groups is 3. The third-order valence-corrected chi connectivity index (χ3v) is 11.4. The van der Waals surface area contributed by atoms with Crippen LogP contribution in [0.4, 0.5) is 0 Å². The van der Waals surface area contributed by atoms with Crippen molar-refractivity contribution in [3.05, 3.63) is 0 Å². The molecule has 0 aliphatic carbocycles. The van der Waals surface area contributed by atoms with E-state index in [1.807, 2.05) is 48.5 Å². The van der Waals surface area contributed by atoms with Crippen molar-refractivity contribution >= 4 is 17.7 Å². The Morgan fingerprint density at radius 2 is 1.67 bits per heavy atom. The lowest BCUT2D eigenvalue weighted by atomic mass is 9.76. The van der Waals surface area contributed by atoms with E-state index in [0.717, 1.165) is 0 Å². The van der Waals surface area contributed by atoms with Gasteiger partial charge in [0.05, 0.1) is 49.3 Å². The highest BCUT2D eigenvalue weighted by Crippen LogP contribution is 2.50. The van der Waals surface area contributed by atoms with E-state index in [4.69, 9.17) is 37.9 Å². The van der Waals surface area contributed by atoms with Crippen LogP contribution in [-0.2, 0) is 52.3 Å². The molecule has 2 bridgehead atoms. The molecular weight excluding hydrogens is 622 g/mol. The van der Waals surface area contributed by atoms with E-state index in [9.17, 15) is 14.4 Å². The van der Waals surface area contributed by atoms with E-state index < -0.39 is 65.4 Å². The van der Waals surface area contributed by atoms with Crippen molar-refractivity contribution in [3.63, 3.8) is 0 Å². The molecule has 5 rings (SSSR count). The van der Waals surface area contributed by atoms with Crippen molar-refractivity contribution < 1.29 is 52.3 Å². The highest BCUT2D eigenvalue weighted by atomic mass is 16.8. The van der Waals surface area contributed by atoms with Crippen molar-refractivity contribution in [2.75, 3.05) is 26.3 Å². The Balaban J connectivity index is 1.52. The van der Waals surface area contributed by atoms with Crippen LogP contribution < -0.4 is 0 Å². The summed E-state index contributed by atoms with van der Waals surface area (Å²) in [5.41, 5.74) is -1.92. The molecule has 5 aliphatic heterocycles. The molecule has 5 unspecified atom stereocenters. The molecular formula is C36H59NO11. The molecule has 0 radical (unpaired) electrons. The molecule has 14 atom stereocenters. The number of esters is 2. The van der Waals surface area contributed by atoms with Gasteiger partial charge >= 0.3 is 11.9 Å². The monoisotopic (exact) mass is 681 g/mol. The summed E-state index contributed by atoms with van der Waals surface area (Å²) >= 11 is 0. The van der Waals surface area contributed by atoms with Crippen LogP contribution in [0.2, 0.25) is 0 Å². The van der Waals surface area contributed by atoms with E-state index in [2.05, 4.69) is 11.8 Å². The standard InChI is InChI=1S/C36H59NO11/c1-12-26-36(11,48-34(8,9)46-26)31-23(6)28-19(2)18-35(10,47-28)30(21(4)27(39)22(5)32(40)44-31)45-33-29(43-24(7)38)25(17-20(3)42-33)37-13-15-41-16-14-37/h19-23,25-26,28-31,33H,12-18H2,1-11H3/t19?,20?,21-,22+,23-,25?,26+,28?,29?,30+,31+,33-,35+,36+/m0/s1. The summed E-state index contributed by atoms with van der Waals surface area (Å²) < 4.78 is 51.1. The van der Waals surface area contributed by atoms with Crippen LogP contribution in [-0.4, -0.2) is 115 Å². The van der Waals surface area contributed by atoms with E-state index in [1.165, 1.54) is 6.92 Å². The summed E-state index contributed by atoms with van der Waals surface area (Å²) in [6.45, 7) is 23.1. The predicted octanol–water partition coefficient (Wildman–Crippen LogP) is 4.05. The van der Waals surface area contributed by atoms with Gasteiger partial charge in [0, 0.05) is 31.8 Å². The van der Waals surface area contributed by atoms with Crippen molar-refractivity contribution in [2.24, 2.45) is 23.7 Å². The summed E-state index contributed by atoms with van der Waals surface area (Å²) in [6.07, 6.45) is -2.29. The predicted molar refractivity (Wildman–Crippen MR) is 174 cm³/mol. The van der Waals surface area contributed by atoms with E-state index in [1.54, 1.807) is 13.8 Å². The lowest BCUT2D eigenvalue weighted by Gasteiger charge is -2.48. The molecule has 0 amide bonds. The Bertz CT molecular complexity index is 1190. The fourth-order valence-corrected chi connectivity index (χ4v) is 9.31. The first-order chi connectivity index (χ1) is 22.4. The summed E-state index contributed by atoms with van der Waals surface area (Å²) in [5, 5.41) is 0. The van der Waals surface area contributed by atoms with Crippen molar-refractivity contribution in [1.29, 1.82) is 0 Å². The highest BCUT2D eigenvalue weighted by Gasteiger charge is 2.62. The number of cyclic esters (lactones) is 1. The summed E-state index contributed by atoms with van der Waals surface area (Å²) in [7, 11) is 0. The molecule has 0 aromatic carbocycles. The normalized spacial score (nSPS) is 47.3. The van der Waals surface area contributed by atoms with Gasteiger partial charge in [-0.15, -0.1) is 0 Å². The molecule has 48 heavy (non-hydrogen) atoms. The maximum atomic E-state index is 14.2. The number of Topliss-reactive ketones (excluding diaryl/α,β-unsaturated/α-hetero) is 1. The van der Waals surface area contributed by atoms with Gasteiger partial charge in [0.1, 0.15) is 17.6 Å². The fraction of sp³-hybridized carbons (Fsp3) is 0.917. The first kappa shape index (κ1) is 37.6. The Kier molecular flexibility index (Phi) is 11.1. The van der Waals surface area contributed by atoms with Crippen LogP contribution in [0.3, 0.4) is 0 Å². The molecule has 5 fully saturated rings. The van der Waals surface area contributed by atoms with E-state index in [0.29, 0.717) is 45.6 Å². The van der Waals surface area contributed by atoms with Gasteiger partial charge < -0.3 is 37.9 Å². The average molecular weight is 682 g/mol. The minimum atomic E-state index is -1.07. The Labute approximate surface area is 286 Å². The maximum Gasteiger partial charge on any atom is 0.316 e. The fourth-order valence-electron chi connectivity index (χ4n) is 9.31. The van der Waals surface area contributed by atoms with Crippen molar-refractivity contribution in [1.82, 2.24) is 4.90 Å². The smallest absolute Gasteiger partial charge is 0.316 e. The second-order valence-electron chi connectivity index (χ2n) is 15.8. The minimum Gasteiger partial charge on any atom is -0.458 e. The van der Waals surface area contributed by atoms with Gasteiger partial charge in [-0.05, 0) is 66.7 Å². The third kappa shape index (κ3) is 7.22. The highest BCUT2D eigenvalue weighted by molar-refractivity contribution is 6.00. The van der Waals surface area contributed by atoms with Crippen molar-refractivity contribution in [3.8, 4) is 0 Å². The quantitative estimate of drug-likeness (QED) is 0.297. The molecule has 0 N–H and O–H groups in total. The SMILES string of the molecule is CC[C@H]1OC(C)(C)O[C@@]1(C)[C@@H]1OC(=O)[C@H](C)C(=O)[C@H](C)[C@@H](O[C@@H]2OC(C)CC(N3CCOCC3)C2OC(C)=O)[C@@]2(C)CC(C)C(O2)[C@@H]1C. The van der Waals surface area contributed by atoms with Gasteiger partial charge in [0.15, 0.2) is 24.0 Å². The zero-order valence-corrected chi connectivity index (χ0v) is 30.8. The van der Waals surface area contributed by atoms with E-state index in [-0.39, 0.29) is 42.0 Å². The van der Waals surface area contributed by atoms with E-state index >= 15 is 0 Å². The number of fused-ring (bicyclic) bond motifs is 2. The van der Waals surface area contributed by atoms with Gasteiger partial charge in [-0.3, -0.25) is 19.3 Å². The van der Waals surface area contributed by atoms with Crippen LogP contribution in [0.15, 0.2) is 0 Å². The van der Waals surface area contributed by atoms with Gasteiger partial charge in [-0.25, -0.2) is 0 Å². The molecule has 0 aromatic rings. The van der Waals surface area contributed by atoms with Gasteiger partial charge in [0.25, 0.3) is 0 Å². The van der Waals surface area contributed by atoms with Crippen LogP contribution >= 0.6 is 0 Å². The number of morpholine rings is 1. The molecule has 274 valence electrons. The van der Waals surface area contributed by atoms with Gasteiger partial charge in [-0.1, -0.05) is 27.7 Å². The lowest BCUT2D eigenvalue weighted by molar-refractivity contribution is -0.300. The van der Waals surface area contributed by atoms with Gasteiger partial charge in [-0.2, -0.15) is 0 Å². The molecule has 5 aliphatic rings. The lowest BCUT2D eigenvalue weighted by Crippen LogP contribution is -2.61. The number of hydrogen-bond donors (Lipinski definition) is 0. The van der Waals surface area contributed by atoms with Crippen molar-refractivity contribution in [2.45, 2.75) is 161 Å². The molecule has 5 saturated heterocycles. The largest absolute Gasteiger partial charge is 0.458 e. The Morgan fingerprint density at radius 3 is 2.29 bits per heavy atom. The number of hydrogen-bond acceptors (Lipinski definition) is 12. The van der Waals surface area contributed by atoms with Crippen LogP contribution in [0.1, 0.15) is 95.4 Å². The number of carbonyl (C=O) groups excluding carboxylic acids is 3. The Morgan fingerprint density at radius 1 is 1.00 bits per heavy atom. The summed E-state index contributed by atoms with van der Waals surface area (Å²) in [5.74, 6) is -4.41. The zero-order valence-electron chi connectivity index (χ0n) is 30.8. The maximum absolute atomic E-state index is 14.2. The Hall–Kier alpha value is -1.67.